The van der Waals surface area contributed by atoms with Crippen LogP contribution in [0.5, 0.6) is 0 Å². The van der Waals surface area contributed by atoms with E-state index < -0.39 is 0 Å². The van der Waals surface area contributed by atoms with Crippen LogP contribution in [0.2, 0.25) is 0 Å². The fourth-order valence-electron chi connectivity index (χ4n) is 1.39. The standard InChI is InChI=1S/C9H19NO/c1-11-7-3-2-4-9(10)8-5-6-8/h8-9H,2-7,10H2,1H3. The van der Waals surface area contributed by atoms with Crippen LogP contribution in [0.3, 0.4) is 0 Å². The van der Waals surface area contributed by atoms with Crippen molar-refractivity contribution < 1.29 is 4.74 Å². The van der Waals surface area contributed by atoms with Crippen LogP contribution in [0.15, 0.2) is 0 Å². The summed E-state index contributed by atoms with van der Waals surface area (Å²) in [5.41, 5.74) is 5.92. The predicted octanol–water partition coefficient (Wildman–Crippen LogP) is 1.54. The molecule has 0 saturated heterocycles. The maximum Gasteiger partial charge on any atom is 0.0462 e. The zero-order valence-corrected chi connectivity index (χ0v) is 7.38. The van der Waals surface area contributed by atoms with Gasteiger partial charge in [-0.3, -0.25) is 0 Å². The molecule has 1 aliphatic carbocycles. The van der Waals surface area contributed by atoms with Crippen molar-refractivity contribution in [2.45, 2.75) is 38.1 Å². The van der Waals surface area contributed by atoms with E-state index in [0.29, 0.717) is 6.04 Å². The van der Waals surface area contributed by atoms with Crippen LogP contribution in [0.4, 0.5) is 0 Å². The van der Waals surface area contributed by atoms with Gasteiger partial charge in [-0.15, -0.1) is 0 Å². The Labute approximate surface area is 69.1 Å². The van der Waals surface area contributed by atoms with Gasteiger partial charge in [0, 0.05) is 19.8 Å². The molecule has 0 aromatic heterocycles. The first-order valence-corrected chi connectivity index (χ1v) is 4.59. The van der Waals surface area contributed by atoms with Gasteiger partial charge in [-0.05, 0) is 38.0 Å². The molecule has 0 radical (unpaired) electrons. The molecule has 0 amide bonds. The molecule has 1 unspecified atom stereocenters. The zero-order chi connectivity index (χ0) is 8.10. The maximum atomic E-state index is 5.92. The molecule has 2 nitrogen and oxygen atoms in total. The highest BCUT2D eigenvalue weighted by Gasteiger charge is 2.27. The minimum Gasteiger partial charge on any atom is -0.385 e. The SMILES string of the molecule is COCCCCC(N)C1CC1. The summed E-state index contributed by atoms with van der Waals surface area (Å²) in [7, 11) is 1.75. The van der Waals surface area contributed by atoms with E-state index >= 15 is 0 Å². The van der Waals surface area contributed by atoms with Gasteiger partial charge >= 0.3 is 0 Å². The van der Waals surface area contributed by atoms with Crippen molar-refractivity contribution in [1.29, 1.82) is 0 Å². The van der Waals surface area contributed by atoms with E-state index in [0.717, 1.165) is 18.9 Å². The average molecular weight is 157 g/mol. The third-order valence-electron chi connectivity index (χ3n) is 2.36. The Bertz CT molecular complexity index is 102. The highest BCUT2D eigenvalue weighted by Crippen LogP contribution is 2.33. The lowest BCUT2D eigenvalue weighted by Crippen LogP contribution is -2.22. The summed E-state index contributed by atoms with van der Waals surface area (Å²) in [6, 6.07) is 0.479. The van der Waals surface area contributed by atoms with Gasteiger partial charge in [0.2, 0.25) is 0 Å². The summed E-state index contributed by atoms with van der Waals surface area (Å²) >= 11 is 0. The van der Waals surface area contributed by atoms with Crippen LogP contribution in [0.25, 0.3) is 0 Å². The van der Waals surface area contributed by atoms with Crippen LogP contribution in [-0.4, -0.2) is 19.8 Å². The first kappa shape index (κ1) is 9.01. The molecule has 1 atom stereocenters. The monoisotopic (exact) mass is 157 g/mol. The molecule has 11 heavy (non-hydrogen) atoms. The largest absolute Gasteiger partial charge is 0.385 e. The molecule has 1 rings (SSSR count). The predicted molar refractivity (Wildman–Crippen MR) is 46.4 cm³/mol. The second-order valence-electron chi connectivity index (χ2n) is 3.49. The molecule has 1 fully saturated rings. The maximum absolute atomic E-state index is 5.92. The van der Waals surface area contributed by atoms with E-state index in [4.69, 9.17) is 10.5 Å². The van der Waals surface area contributed by atoms with Crippen LogP contribution in [0, 0.1) is 5.92 Å². The van der Waals surface area contributed by atoms with Gasteiger partial charge in [0.25, 0.3) is 0 Å². The summed E-state index contributed by atoms with van der Waals surface area (Å²) in [5, 5.41) is 0. The summed E-state index contributed by atoms with van der Waals surface area (Å²) in [6.45, 7) is 0.886. The number of rotatable bonds is 6. The van der Waals surface area contributed by atoms with E-state index in [-0.39, 0.29) is 0 Å². The van der Waals surface area contributed by atoms with Crippen LogP contribution < -0.4 is 5.73 Å². The van der Waals surface area contributed by atoms with E-state index in [1.54, 1.807) is 7.11 Å². The van der Waals surface area contributed by atoms with Gasteiger partial charge in [-0.2, -0.15) is 0 Å². The lowest BCUT2D eigenvalue weighted by atomic mass is 10.1. The fraction of sp³-hybridized carbons (Fsp3) is 1.00. The molecule has 0 aromatic rings. The lowest BCUT2D eigenvalue weighted by Gasteiger charge is -2.08. The van der Waals surface area contributed by atoms with E-state index in [2.05, 4.69) is 0 Å². The molecular formula is C9H19NO. The van der Waals surface area contributed by atoms with Crippen molar-refractivity contribution in [3.05, 3.63) is 0 Å². The van der Waals surface area contributed by atoms with Crippen LogP contribution in [-0.2, 0) is 4.74 Å². The molecular weight excluding hydrogens is 138 g/mol. The minimum absolute atomic E-state index is 0.479. The van der Waals surface area contributed by atoms with Gasteiger partial charge in [-0.1, -0.05) is 0 Å². The van der Waals surface area contributed by atoms with Gasteiger partial charge in [-0.25, -0.2) is 0 Å². The summed E-state index contributed by atoms with van der Waals surface area (Å²) in [6.07, 6.45) is 6.31. The minimum atomic E-state index is 0.479. The van der Waals surface area contributed by atoms with Crippen molar-refractivity contribution >= 4 is 0 Å². The number of ether oxygens (including phenoxy) is 1. The Morgan fingerprint density at radius 1 is 1.45 bits per heavy atom. The third kappa shape index (κ3) is 3.73. The third-order valence-corrected chi connectivity index (χ3v) is 2.36. The summed E-state index contributed by atoms with van der Waals surface area (Å²) in [5.74, 6) is 0.859. The van der Waals surface area contributed by atoms with E-state index in [1.807, 2.05) is 0 Å². The number of hydrogen-bond acceptors (Lipinski definition) is 2. The Morgan fingerprint density at radius 3 is 2.73 bits per heavy atom. The summed E-state index contributed by atoms with van der Waals surface area (Å²) in [4.78, 5) is 0. The highest BCUT2D eigenvalue weighted by molar-refractivity contribution is 4.83. The van der Waals surface area contributed by atoms with E-state index in [1.165, 1.54) is 25.7 Å². The molecule has 1 saturated carbocycles. The average Bonchev–Trinajstić information content (AvgIpc) is 2.79. The number of methoxy groups -OCH3 is 1. The molecule has 0 heterocycles. The first-order valence-electron chi connectivity index (χ1n) is 4.59. The van der Waals surface area contributed by atoms with Crippen molar-refractivity contribution in [2.75, 3.05) is 13.7 Å². The van der Waals surface area contributed by atoms with Crippen molar-refractivity contribution in [1.82, 2.24) is 0 Å². The fourth-order valence-corrected chi connectivity index (χ4v) is 1.39. The smallest absolute Gasteiger partial charge is 0.0462 e. The van der Waals surface area contributed by atoms with Crippen LogP contribution in [0.1, 0.15) is 32.1 Å². The second kappa shape index (κ2) is 4.73. The molecule has 0 aromatic carbocycles. The molecule has 2 N–H and O–H groups in total. The Balaban J connectivity index is 1.85. The van der Waals surface area contributed by atoms with Gasteiger partial charge in [0.1, 0.15) is 0 Å². The Hall–Kier alpha value is -0.0800. The zero-order valence-electron chi connectivity index (χ0n) is 7.38. The van der Waals surface area contributed by atoms with Gasteiger partial charge < -0.3 is 10.5 Å². The van der Waals surface area contributed by atoms with Gasteiger partial charge in [0.15, 0.2) is 0 Å². The highest BCUT2D eigenvalue weighted by atomic mass is 16.5. The van der Waals surface area contributed by atoms with Crippen LogP contribution >= 0.6 is 0 Å². The van der Waals surface area contributed by atoms with Gasteiger partial charge in [0.05, 0.1) is 0 Å². The molecule has 0 spiro atoms. The molecule has 0 bridgehead atoms. The molecule has 1 aliphatic rings. The van der Waals surface area contributed by atoms with Crippen molar-refractivity contribution in [3.8, 4) is 0 Å². The van der Waals surface area contributed by atoms with Crippen molar-refractivity contribution in [2.24, 2.45) is 11.7 Å². The molecule has 0 aliphatic heterocycles. The Morgan fingerprint density at radius 2 is 2.18 bits per heavy atom. The lowest BCUT2D eigenvalue weighted by molar-refractivity contribution is 0.191. The number of unbranched alkanes of at least 4 members (excludes halogenated alkanes) is 1. The quantitative estimate of drug-likeness (QED) is 0.594. The second-order valence-corrected chi connectivity index (χ2v) is 3.49. The number of hydrogen-bond donors (Lipinski definition) is 1. The Kier molecular flexibility index (Phi) is 3.87. The summed E-state index contributed by atoms with van der Waals surface area (Å²) < 4.78 is 4.96. The topological polar surface area (TPSA) is 35.2 Å². The molecule has 66 valence electrons. The first-order chi connectivity index (χ1) is 5.34. The van der Waals surface area contributed by atoms with Crippen molar-refractivity contribution in [3.63, 3.8) is 0 Å². The normalized spacial score (nSPS) is 20.2. The number of nitrogens with two attached hydrogens (primary N) is 1. The van der Waals surface area contributed by atoms with E-state index in [9.17, 15) is 0 Å². The molecule has 2 heteroatoms.